The van der Waals surface area contributed by atoms with Crippen molar-refractivity contribution in [2.75, 3.05) is 6.54 Å². The zero-order valence-electron chi connectivity index (χ0n) is 51.3. The summed E-state index contributed by atoms with van der Waals surface area (Å²) in [5.41, 5.74) is 20.7. The van der Waals surface area contributed by atoms with E-state index in [1.807, 2.05) is 6.07 Å². The summed E-state index contributed by atoms with van der Waals surface area (Å²) in [6, 6.07) is 9.07. The number of aromatic amines is 3. The van der Waals surface area contributed by atoms with Gasteiger partial charge in [-0.1, -0.05) is 88.4 Å². The molecule has 0 saturated carbocycles. The molecule has 0 unspecified atom stereocenters. The number of rotatable bonds is 35. The Labute approximate surface area is 525 Å². The average Bonchev–Trinajstić information content (AvgIpc) is 2.07. The second kappa shape index (κ2) is 34.0. The van der Waals surface area contributed by atoms with Crippen LogP contribution >= 0.6 is 0 Å². The van der Waals surface area contributed by atoms with Gasteiger partial charge in [0, 0.05) is 73.1 Å². The van der Waals surface area contributed by atoms with E-state index >= 15 is 4.79 Å². The highest BCUT2D eigenvalue weighted by Crippen LogP contribution is 2.21. The lowest BCUT2D eigenvalue weighted by Crippen LogP contribution is -2.62. The van der Waals surface area contributed by atoms with Crippen LogP contribution in [0.15, 0.2) is 115 Å². The van der Waals surface area contributed by atoms with Crippen molar-refractivity contribution in [1.82, 2.24) is 67.5 Å². The van der Waals surface area contributed by atoms with Gasteiger partial charge in [0.2, 0.25) is 47.3 Å². The van der Waals surface area contributed by atoms with Gasteiger partial charge in [0.05, 0.1) is 24.8 Å². The number of aliphatic hydroxyl groups is 1. The number of para-hydroxylation sites is 1. The van der Waals surface area contributed by atoms with Crippen LogP contribution in [0.5, 0.6) is 5.75 Å². The largest absolute Gasteiger partial charge is 0.508 e. The number of nitrogens with one attached hydrogen (secondary N) is 11. The number of phenolic OH excluding ortho intramolecular Hbond substituents is 1. The smallest absolute Gasteiger partial charge is 0.326 e. The van der Waals surface area contributed by atoms with Gasteiger partial charge in [-0.05, 0) is 79.3 Å². The molecule has 0 aliphatic rings. The Morgan fingerprint density at radius 1 is 0.538 bits per heavy atom. The monoisotopic (exact) mass is 1260 g/mol. The van der Waals surface area contributed by atoms with Crippen molar-refractivity contribution in [2.24, 2.45) is 34.0 Å². The highest BCUT2D eigenvalue weighted by atomic mass is 16.4. The minimum Gasteiger partial charge on any atom is -0.508 e. The minimum atomic E-state index is -1.71. The van der Waals surface area contributed by atoms with E-state index in [0.29, 0.717) is 33.4 Å². The van der Waals surface area contributed by atoms with E-state index in [1.54, 1.807) is 82.4 Å². The number of aromatic nitrogens is 5. The normalized spacial score (nSPS) is 14.6. The summed E-state index contributed by atoms with van der Waals surface area (Å²) in [6.07, 6.45) is 4.79. The number of H-pyrrole nitrogens is 3. The standard InChI is InChI=1S/C62H83N17O12/c1-33(2)22-50(61(90)91)77-58(87)49(27-40-30-67-32-71-40)74-55(84)46(24-37-17-19-41(81)20-18-37)73-54(83)45(16-11-21-68-62(64)65)72-57(86)48(26-39-29-66-31-70-39)75-56(85)47(25-38-28-69-44-15-10-9-14-42(38)44)76-60(89)52(35(5)80)79-59(88)51(34(3)4)78-53(82)43(63)23-36-12-7-6-8-13-36/h6-10,12-15,17-20,28-35,43,45-52,69,80-81H,11,16,21-27,63H2,1-5H3,(H,66,70)(H,67,71)(H,72,86)(H,73,83)(H,74,84)(H,75,85)(H,76,89)(H,77,87)(H,78,82)(H,79,88)(H,90,91)(H4,64,65,68)/t35-,43+,45+,46+,47+,48+,49+,50+,51+,52+/m1/s1. The van der Waals surface area contributed by atoms with Crippen LogP contribution in [0, 0.1) is 11.8 Å². The number of carbonyl (C=O) groups is 9. The zero-order valence-corrected chi connectivity index (χ0v) is 51.3. The number of benzene rings is 3. The molecule has 29 nitrogen and oxygen atoms in total. The van der Waals surface area contributed by atoms with Gasteiger partial charge in [-0.3, -0.25) is 43.3 Å². The van der Waals surface area contributed by atoms with Crippen LogP contribution in [0.4, 0.5) is 0 Å². The molecular weight excluding hydrogens is 1170 g/mol. The molecular formula is C62H83N17O12. The maximum Gasteiger partial charge on any atom is 0.326 e. The Bertz CT molecular complexity index is 3410. The molecule has 3 heterocycles. The lowest BCUT2D eigenvalue weighted by molar-refractivity contribution is -0.142. The van der Waals surface area contributed by atoms with Crippen LogP contribution in [-0.2, 0) is 75.3 Å². The number of guanidine groups is 1. The van der Waals surface area contributed by atoms with Gasteiger partial charge >= 0.3 is 5.97 Å². The summed E-state index contributed by atoms with van der Waals surface area (Å²) in [4.78, 5) is 149. The Hall–Kier alpha value is -10.2. The Morgan fingerprint density at radius 2 is 1.02 bits per heavy atom. The first-order valence-electron chi connectivity index (χ1n) is 29.8. The minimum absolute atomic E-state index is 0.0228. The lowest BCUT2D eigenvalue weighted by Gasteiger charge is -2.29. The second-order valence-electron chi connectivity index (χ2n) is 23.0. The van der Waals surface area contributed by atoms with E-state index in [9.17, 15) is 53.7 Å². The van der Waals surface area contributed by atoms with Crippen molar-refractivity contribution < 1.29 is 58.5 Å². The fourth-order valence-electron chi connectivity index (χ4n) is 9.95. The van der Waals surface area contributed by atoms with Gasteiger partial charge in [-0.2, -0.15) is 0 Å². The fraction of sp³-hybridized carbons (Fsp3) is 0.419. The number of carboxylic acids is 1. The third kappa shape index (κ3) is 21.8. The summed E-state index contributed by atoms with van der Waals surface area (Å²) < 4.78 is 0. The number of nitrogens with two attached hydrogens (primary N) is 3. The van der Waals surface area contributed by atoms with Crippen molar-refractivity contribution in [3.05, 3.63) is 138 Å². The highest BCUT2D eigenvalue weighted by molar-refractivity contribution is 5.99. The molecule has 488 valence electrons. The van der Waals surface area contributed by atoms with Crippen LogP contribution in [0.25, 0.3) is 10.9 Å². The maximum absolute atomic E-state index is 15.0. The number of phenols is 1. The van der Waals surface area contributed by atoms with E-state index in [1.165, 1.54) is 56.2 Å². The number of carbonyl (C=O) groups excluding carboxylic acids is 8. The number of amides is 8. The third-order valence-corrected chi connectivity index (χ3v) is 14.8. The summed E-state index contributed by atoms with van der Waals surface area (Å²) in [7, 11) is 0. The molecule has 6 aromatic rings. The van der Waals surface area contributed by atoms with Crippen LogP contribution in [0.3, 0.4) is 0 Å². The number of imidazole rings is 2. The second-order valence-corrected chi connectivity index (χ2v) is 23.0. The number of aliphatic imine (C=N–C) groups is 1. The topological polar surface area (TPSA) is 474 Å². The molecule has 3 aromatic carbocycles. The van der Waals surface area contributed by atoms with Gasteiger partial charge in [0.1, 0.15) is 54.1 Å². The van der Waals surface area contributed by atoms with Gasteiger partial charge in [0.25, 0.3) is 0 Å². The molecule has 0 aliphatic heterocycles. The number of carboxylic acid groups (broad SMARTS) is 1. The van der Waals surface area contributed by atoms with Gasteiger partial charge in [-0.15, -0.1) is 0 Å². The summed E-state index contributed by atoms with van der Waals surface area (Å²) in [5.74, 6) is -9.36. The number of aliphatic hydroxyl groups excluding tert-OH is 1. The van der Waals surface area contributed by atoms with Crippen LogP contribution in [0.2, 0.25) is 0 Å². The number of fused-ring (bicyclic) bond motifs is 1. The molecule has 0 saturated heterocycles. The molecule has 0 radical (unpaired) electrons. The van der Waals surface area contributed by atoms with Gasteiger partial charge < -0.3 is 90.0 Å². The predicted octanol–water partition coefficient (Wildman–Crippen LogP) is -0.740. The van der Waals surface area contributed by atoms with Crippen LogP contribution < -0.4 is 59.7 Å². The third-order valence-electron chi connectivity index (χ3n) is 14.8. The van der Waals surface area contributed by atoms with Gasteiger partial charge in [0.15, 0.2) is 5.96 Å². The molecule has 6 rings (SSSR count). The number of nitrogens with zero attached hydrogens (tertiary/aromatic N) is 3. The first-order valence-corrected chi connectivity index (χ1v) is 29.8. The van der Waals surface area contributed by atoms with E-state index in [0.717, 1.165) is 5.56 Å². The summed E-state index contributed by atoms with van der Waals surface area (Å²) in [6.45, 7) is 8.12. The highest BCUT2D eigenvalue weighted by Gasteiger charge is 2.37. The average molecular weight is 1260 g/mol. The Morgan fingerprint density at radius 3 is 1.55 bits per heavy atom. The Kier molecular flexibility index (Phi) is 26.1. The van der Waals surface area contributed by atoms with Crippen molar-refractivity contribution in [3.8, 4) is 5.75 Å². The van der Waals surface area contributed by atoms with Gasteiger partial charge in [-0.25, -0.2) is 14.8 Å². The Balaban J connectivity index is 1.29. The molecule has 29 heteroatoms. The molecule has 0 spiro atoms. The molecule has 3 aromatic heterocycles. The van der Waals surface area contributed by atoms with Crippen molar-refractivity contribution in [2.45, 2.75) is 146 Å². The van der Waals surface area contributed by atoms with Crippen molar-refractivity contribution in [1.29, 1.82) is 0 Å². The fourth-order valence-corrected chi connectivity index (χ4v) is 9.95. The maximum atomic E-state index is 15.0. The van der Waals surface area contributed by atoms with Crippen LogP contribution in [-0.4, -0.2) is 166 Å². The summed E-state index contributed by atoms with van der Waals surface area (Å²) >= 11 is 0. The molecule has 20 N–H and O–H groups in total. The molecule has 0 aliphatic carbocycles. The lowest BCUT2D eigenvalue weighted by atomic mass is 10.00. The summed E-state index contributed by atoms with van der Waals surface area (Å²) in [5, 5.41) is 53.1. The van der Waals surface area contributed by atoms with E-state index in [-0.39, 0.29) is 75.5 Å². The molecule has 8 amide bonds. The van der Waals surface area contributed by atoms with Crippen LogP contribution in [0.1, 0.15) is 82.0 Å². The number of aromatic hydroxyl groups is 1. The molecule has 10 atom stereocenters. The number of hydrogen-bond donors (Lipinski definition) is 17. The first kappa shape index (κ1) is 69.9. The zero-order chi connectivity index (χ0) is 66.3. The van der Waals surface area contributed by atoms with E-state index < -0.39 is 120 Å². The molecule has 91 heavy (non-hydrogen) atoms. The van der Waals surface area contributed by atoms with Crippen molar-refractivity contribution in [3.63, 3.8) is 0 Å². The first-order chi connectivity index (χ1) is 43.3. The molecule has 0 fully saturated rings. The SMILES string of the molecule is CC(C)C[C@H](NC(=O)[C@H](Cc1cnc[nH]1)NC(=O)[C@H](Cc1ccc(O)cc1)NC(=O)[C@H](CCCN=C(N)N)NC(=O)[C@H](Cc1cnc[nH]1)NC(=O)[C@H](Cc1c[nH]c2ccccc12)NC(=O)[C@@H](NC(=O)[C@@H](NC(=O)[C@@H](N)Cc1ccccc1)C(C)C)[C@@H](C)O)C(=O)O. The predicted molar refractivity (Wildman–Crippen MR) is 335 cm³/mol. The quantitative estimate of drug-likeness (QED) is 0.0132. The van der Waals surface area contributed by atoms with Crippen molar-refractivity contribution >= 4 is 70.1 Å². The van der Waals surface area contributed by atoms with E-state index in [4.69, 9.17) is 17.2 Å². The number of hydrogen-bond acceptors (Lipinski definition) is 15. The molecule has 0 bridgehead atoms. The van der Waals surface area contributed by atoms with E-state index in [2.05, 4.69) is 72.4 Å². The number of aliphatic carboxylic acids is 1.